The first-order valence-corrected chi connectivity index (χ1v) is 9.26. The predicted octanol–water partition coefficient (Wildman–Crippen LogP) is 3.36. The normalized spacial score (nSPS) is 44.7. The summed E-state index contributed by atoms with van der Waals surface area (Å²) in [5.41, 5.74) is -0.978. The fourth-order valence-electron chi connectivity index (χ4n) is 6.26. The average molecular weight is 332 g/mol. The summed E-state index contributed by atoms with van der Waals surface area (Å²) in [6, 6.07) is 0. The van der Waals surface area contributed by atoms with E-state index in [0.29, 0.717) is 23.7 Å². The van der Waals surface area contributed by atoms with Gasteiger partial charge in [-0.15, -0.1) is 0 Å². The standard InChI is InChI=1S/C20H28O4/c1-19(2,3)24-15(21)10-23-18(22)20(4)9-13-8-14(20)17-12-6-5-11(7-12)16(13)17/h5-6,11-14,16-17H,7-10H2,1-4H3. The largest absolute Gasteiger partial charge is 0.457 e. The molecular formula is C20H28O4. The molecule has 4 nitrogen and oxygen atoms in total. The molecule has 0 N–H and O–H groups in total. The Bertz CT molecular complexity index is 601. The summed E-state index contributed by atoms with van der Waals surface area (Å²) in [4.78, 5) is 24.6. The van der Waals surface area contributed by atoms with Gasteiger partial charge in [0.2, 0.25) is 0 Å². The summed E-state index contributed by atoms with van der Waals surface area (Å²) in [5.74, 6) is 3.24. The fourth-order valence-corrected chi connectivity index (χ4v) is 6.26. The van der Waals surface area contributed by atoms with Crippen LogP contribution in [0.15, 0.2) is 12.2 Å². The van der Waals surface area contributed by atoms with E-state index in [-0.39, 0.29) is 12.6 Å². The average Bonchev–Trinajstić information content (AvgIpc) is 3.19. The monoisotopic (exact) mass is 332 g/mol. The van der Waals surface area contributed by atoms with E-state index in [1.54, 1.807) is 0 Å². The smallest absolute Gasteiger partial charge is 0.344 e. The summed E-state index contributed by atoms with van der Waals surface area (Å²) in [5, 5.41) is 0. The third kappa shape index (κ3) is 2.33. The summed E-state index contributed by atoms with van der Waals surface area (Å²) in [6.07, 6.45) is 8.14. The molecule has 3 fully saturated rings. The van der Waals surface area contributed by atoms with Crippen molar-refractivity contribution in [3.8, 4) is 0 Å². The van der Waals surface area contributed by atoms with Crippen molar-refractivity contribution in [2.24, 2.45) is 40.9 Å². The van der Waals surface area contributed by atoms with Crippen molar-refractivity contribution < 1.29 is 19.1 Å². The van der Waals surface area contributed by atoms with Crippen LogP contribution in [-0.2, 0) is 19.1 Å². The highest BCUT2D eigenvalue weighted by Crippen LogP contribution is 2.70. The van der Waals surface area contributed by atoms with Crippen molar-refractivity contribution in [1.29, 1.82) is 0 Å². The lowest BCUT2D eigenvalue weighted by Crippen LogP contribution is -2.43. The van der Waals surface area contributed by atoms with E-state index in [2.05, 4.69) is 19.1 Å². The SMILES string of the molecule is CC(C)(C)OC(=O)COC(=O)C1(C)CC2CC1C1C3C=CC(C3)C21. The highest BCUT2D eigenvalue weighted by molar-refractivity contribution is 5.81. The second-order valence-electron chi connectivity index (χ2n) is 9.49. The lowest BCUT2D eigenvalue weighted by atomic mass is 9.63. The molecule has 4 bridgehead atoms. The molecule has 132 valence electrons. The van der Waals surface area contributed by atoms with E-state index in [9.17, 15) is 9.59 Å². The minimum Gasteiger partial charge on any atom is -0.457 e. The molecule has 0 amide bonds. The zero-order valence-electron chi connectivity index (χ0n) is 15.1. The number of ether oxygens (including phenoxy) is 2. The zero-order valence-corrected chi connectivity index (χ0v) is 15.1. The molecule has 0 saturated heterocycles. The molecule has 0 aromatic rings. The van der Waals surface area contributed by atoms with Gasteiger partial charge in [0.15, 0.2) is 6.61 Å². The van der Waals surface area contributed by atoms with Crippen molar-refractivity contribution in [3.63, 3.8) is 0 Å². The van der Waals surface area contributed by atoms with Gasteiger partial charge in [-0.3, -0.25) is 4.79 Å². The Morgan fingerprint density at radius 2 is 1.79 bits per heavy atom. The van der Waals surface area contributed by atoms with Crippen LogP contribution in [0.2, 0.25) is 0 Å². The lowest BCUT2D eigenvalue weighted by molar-refractivity contribution is -0.174. The topological polar surface area (TPSA) is 52.6 Å². The third-order valence-electron chi connectivity index (χ3n) is 6.86. The minimum absolute atomic E-state index is 0.203. The van der Waals surface area contributed by atoms with Gasteiger partial charge in [0.1, 0.15) is 5.60 Å². The Kier molecular flexibility index (Phi) is 3.43. The Morgan fingerprint density at radius 1 is 1.12 bits per heavy atom. The van der Waals surface area contributed by atoms with E-state index in [1.807, 2.05) is 20.8 Å². The van der Waals surface area contributed by atoms with Crippen LogP contribution in [0.1, 0.15) is 47.0 Å². The Hall–Kier alpha value is -1.32. The van der Waals surface area contributed by atoms with Crippen LogP contribution in [0.3, 0.4) is 0 Å². The van der Waals surface area contributed by atoms with Crippen LogP contribution in [-0.4, -0.2) is 24.1 Å². The van der Waals surface area contributed by atoms with Gasteiger partial charge in [-0.1, -0.05) is 12.2 Å². The fraction of sp³-hybridized carbons (Fsp3) is 0.800. The second kappa shape index (κ2) is 5.09. The van der Waals surface area contributed by atoms with Gasteiger partial charge < -0.3 is 9.47 Å². The van der Waals surface area contributed by atoms with Crippen LogP contribution in [0.25, 0.3) is 0 Å². The molecular weight excluding hydrogens is 304 g/mol. The second-order valence-corrected chi connectivity index (χ2v) is 9.49. The summed E-state index contributed by atoms with van der Waals surface area (Å²) in [6.45, 7) is 7.22. The molecule has 7 atom stereocenters. The van der Waals surface area contributed by atoms with Crippen LogP contribution in [0.5, 0.6) is 0 Å². The van der Waals surface area contributed by atoms with Crippen LogP contribution in [0, 0.1) is 40.9 Å². The van der Waals surface area contributed by atoms with Crippen molar-refractivity contribution in [2.45, 2.75) is 52.6 Å². The van der Waals surface area contributed by atoms with Crippen LogP contribution in [0.4, 0.5) is 0 Å². The highest BCUT2D eigenvalue weighted by atomic mass is 16.6. The number of hydrogen-bond donors (Lipinski definition) is 0. The Balaban J connectivity index is 1.41. The van der Waals surface area contributed by atoms with Crippen molar-refractivity contribution in [1.82, 2.24) is 0 Å². The first-order chi connectivity index (χ1) is 11.2. The number of esters is 2. The van der Waals surface area contributed by atoms with E-state index in [1.165, 1.54) is 6.42 Å². The van der Waals surface area contributed by atoms with Gasteiger partial charge in [0.05, 0.1) is 5.41 Å². The molecule has 0 spiro atoms. The Morgan fingerprint density at radius 3 is 2.46 bits per heavy atom. The molecule has 4 aliphatic carbocycles. The van der Waals surface area contributed by atoms with Gasteiger partial charge in [-0.25, -0.2) is 4.79 Å². The van der Waals surface area contributed by atoms with Crippen LogP contribution < -0.4 is 0 Å². The molecule has 0 aliphatic heterocycles. The first kappa shape index (κ1) is 16.2. The number of hydrogen-bond acceptors (Lipinski definition) is 4. The molecule has 7 unspecified atom stereocenters. The summed E-state index contributed by atoms with van der Waals surface area (Å²) >= 11 is 0. The molecule has 4 heteroatoms. The molecule has 3 saturated carbocycles. The third-order valence-corrected chi connectivity index (χ3v) is 6.86. The first-order valence-electron chi connectivity index (χ1n) is 9.26. The molecule has 0 heterocycles. The summed E-state index contributed by atoms with van der Waals surface area (Å²) in [7, 11) is 0. The molecule has 0 aromatic carbocycles. The predicted molar refractivity (Wildman–Crippen MR) is 88.8 cm³/mol. The number of fused-ring (bicyclic) bond motifs is 9. The van der Waals surface area contributed by atoms with Gasteiger partial charge >= 0.3 is 11.9 Å². The highest BCUT2D eigenvalue weighted by Gasteiger charge is 2.67. The van der Waals surface area contributed by atoms with E-state index in [4.69, 9.17) is 9.47 Å². The number of carbonyl (C=O) groups excluding carboxylic acids is 2. The van der Waals surface area contributed by atoms with Gasteiger partial charge in [0.25, 0.3) is 0 Å². The zero-order chi connectivity index (χ0) is 17.3. The molecule has 24 heavy (non-hydrogen) atoms. The van der Waals surface area contributed by atoms with Gasteiger partial charge in [0, 0.05) is 0 Å². The maximum Gasteiger partial charge on any atom is 0.344 e. The van der Waals surface area contributed by atoms with Crippen LogP contribution >= 0.6 is 0 Å². The summed E-state index contributed by atoms with van der Waals surface area (Å²) < 4.78 is 10.6. The molecule has 0 radical (unpaired) electrons. The maximum atomic E-state index is 12.8. The van der Waals surface area contributed by atoms with E-state index in [0.717, 1.165) is 24.7 Å². The lowest BCUT2D eigenvalue weighted by Gasteiger charge is -2.41. The van der Waals surface area contributed by atoms with E-state index >= 15 is 0 Å². The van der Waals surface area contributed by atoms with Crippen molar-refractivity contribution in [2.75, 3.05) is 6.61 Å². The van der Waals surface area contributed by atoms with Crippen molar-refractivity contribution >= 4 is 11.9 Å². The quantitative estimate of drug-likeness (QED) is 0.452. The van der Waals surface area contributed by atoms with Gasteiger partial charge in [-0.2, -0.15) is 0 Å². The minimum atomic E-state index is -0.553. The Labute approximate surface area is 144 Å². The van der Waals surface area contributed by atoms with E-state index < -0.39 is 17.0 Å². The molecule has 4 rings (SSSR count). The number of rotatable bonds is 3. The number of carbonyl (C=O) groups is 2. The van der Waals surface area contributed by atoms with Crippen molar-refractivity contribution in [3.05, 3.63) is 12.2 Å². The number of allylic oxidation sites excluding steroid dienone is 2. The maximum absolute atomic E-state index is 12.8. The molecule has 4 aliphatic rings. The molecule has 0 aromatic heterocycles. The van der Waals surface area contributed by atoms with Gasteiger partial charge in [-0.05, 0) is 82.5 Å².